The van der Waals surface area contributed by atoms with E-state index in [1.54, 1.807) is 0 Å². The largest absolute Gasteiger partial charge is 0.356 e. The second kappa shape index (κ2) is 9.35. The van der Waals surface area contributed by atoms with E-state index < -0.39 is 0 Å². The van der Waals surface area contributed by atoms with Crippen molar-refractivity contribution in [2.24, 2.45) is 17.1 Å². The van der Waals surface area contributed by atoms with Crippen LogP contribution in [0.2, 0.25) is 0 Å². The Morgan fingerprint density at radius 2 is 1.85 bits per heavy atom. The molecular weight excluding hydrogens is 250 g/mol. The minimum atomic E-state index is -0.0617. The lowest BCUT2D eigenvalue weighted by Crippen LogP contribution is -2.37. The molecule has 4 heteroatoms. The molecule has 0 aromatic heterocycles. The summed E-state index contributed by atoms with van der Waals surface area (Å²) in [5, 5.41) is 3.02. The summed E-state index contributed by atoms with van der Waals surface area (Å²) in [4.78, 5) is 14.4. The van der Waals surface area contributed by atoms with E-state index in [9.17, 15) is 4.79 Å². The molecule has 0 saturated heterocycles. The van der Waals surface area contributed by atoms with Crippen molar-refractivity contribution in [2.75, 3.05) is 26.7 Å². The fourth-order valence-electron chi connectivity index (χ4n) is 2.12. The summed E-state index contributed by atoms with van der Waals surface area (Å²) in [7, 11) is 2.14. The number of nitrogens with one attached hydrogen (secondary N) is 1. The van der Waals surface area contributed by atoms with Crippen LogP contribution in [0, 0.1) is 11.3 Å². The number of unbranched alkanes of at least 4 members (excludes halogenated alkanes) is 1. The number of carbonyl (C=O) groups is 1. The molecule has 0 aliphatic carbocycles. The van der Waals surface area contributed by atoms with Crippen molar-refractivity contribution < 1.29 is 4.79 Å². The third-order valence-corrected chi connectivity index (χ3v) is 3.63. The Kier molecular flexibility index (Phi) is 9.06. The van der Waals surface area contributed by atoms with Gasteiger partial charge in [0.2, 0.25) is 5.91 Å². The van der Waals surface area contributed by atoms with Gasteiger partial charge in [0.1, 0.15) is 0 Å². The van der Waals surface area contributed by atoms with Crippen LogP contribution in [-0.2, 0) is 4.79 Å². The van der Waals surface area contributed by atoms with Crippen LogP contribution < -0.4 is 11.1 Å². The van der Waals surface area contributed by atoms with E-state index in [1.807, 2.05) is 0 Å². The maximum absolute atomic E-state index is 12.1. The number of amides is 1. The maximum atomic E-state index is 12.1. The van der Waals surface area contributed by atoms with Crippen LogP contribution in [0.25, 0.3) is 0 Å². The predicted octanol–water partition coefficient (Wildman–Crippen LogP) is 2.23. The Bertz CT molecular complexity index is 271. The van der Waals surface area contributed by atoms with Crippen molar-refractivity contribution in [3.8, 4) is 0 Å². The summed E-state index contributed by atoms with van der Waals surface area (Å²) < 4.78 is 0. The summed E-state index contributed by atoms with van der Waals surface area (Å²) in [6.07, 6.45) is 2.97. The van der Waals surface area contributed by atoms with Gasteiger partial charge in [0, 0.05) is 19.1 Å². The van der Waals surface area contributed by atoms with Crippen molar-refractivity contribution in [3.05, 3.63) is 0 Å². The molecule has 4 nitrogen and oxygen atoms in total. The Balaban J connectivity index is 3.86. The minimum absolute atomic E-state index is 0.0617. The van der Waals surface area contributed by atoms with Crippen molar-refractivity contribution in [1.82, 2.24) is 10.2 Å². The van der Waals surface area contributed by atoms with Gasteiger partial charge in [-0.2, -0.15) is 0 Å². The smallest absolute Gasteiger partial charge is 0.224 e. The summed E-state index contributed by atoms with van der Waals surface area (Å²) in [5.41, 5.74) is 5.86. The molecule has 0 fully saturated rings. The highest BCUT2D eigenvalue weighted by Crippen LogP contribution is 2.23. The number of hydrogen-bond donors (Lipinski definition) is 2. The molecule has 0 bridgehead atoms. The Morgan fingerprint density at radius 3 is 2.30 bits per heavy atom. The molecule has 1 unspecified atom stereocenters. The zero-order chi connectivity index (χ0) is 15.8. The average molecular weight is 285 g/mol. The van der Waals surface area contributed by atoms with Gasteiger partial charge in [-0.25, -0.2) is 0 Å². The topological polar surface area (TPSA) is 58.4 Å². The van der Waals surface area contributed by atoms with Gasteiger partial charge < -0.3 is 16.0 Å². The first kappa shape index (κ1) is 19.4. The Morgan fingerprint density at radius 1 is 1.25 bits per heavy atom. The molecule has 0 spiro atoms. The first-order valence-electron chi connectivity index (χ1n) is 7.85. The monoisotopic (exact) mass is 285 g/mol. The average Bonchev–Trinajstić information content (AvgIpc) is 2.33. The third-order valence-electron chi connectivity index (χ3n) is 3.63. The number of hydrogen-bond acceptors (Lipinski definition) is 3. The second-order valence-electron chi connectivity index (χ2n) is 7.27. The fourth-order valence-corrected chi connectivity index (χ4v) is 2.12. The lowest BCUT2D eigenvalue weighted by atomic mass is 9.84. The van der Waals surface area contributed by atoms with Gasteiger partial charge in [-0.3, -0.25) is 4.79 Å². The summed E-state index contributed by atoms with van der Waals surface area (Å²) >= 11 is 0. The number of carbonyl (C=O) groups excluding carboxylic acids is 1. The summed E-state index contributed by atoms with van der Waals surface area (Å²) in [6.45, 7) is 13.1. The fraction of sp³-hybridized carbons (Fsp3) is 0.938. The quantitative estimate of drug-likeness (QED) is 0.639. The highest BCUT2D eigenvalue weighted by molar-refractivity contribution is 5.78. The first-order valence-corrected chi connectivity index (χ1v) is 7.85. The van der Waals surface area contributed by atoms with Crippen LogP contribution >= 0.6 is 0 Å². The standard InChI is InChI=1S/C16H35N3O/c1-13(2)19(6)10-8-7-9-18-15(20)14(12-17)11-16(3,4)5/h13-14H,7-12,17H2,1-6H3,(H,18,20). The van der Waals surface area contributed by atoms with Crippen LogP contribution in [0.5, 0.6) is 0 Å². The van der Waals surface area contributed by atoms with Crippen LogP contribution in [0.15, 0.2) is 0 Å². The molecule has 0 heterocycles. The van der Waals surface area contributed by atoms with Gasteiger partial charge in [0.15, 0.2) is 0 Å². The predicted molar refractivity (Wildman–Crippen MR) is 86.6 cm³/mol. The molecule has 0 radical (unpaired) electrons. The van der Waals surface area contributed by atoms with E-state index in [0.717, 1.165) is 32.4 Å². The number of nitrogens with zero attached hydrogens (tertiary/aromatic N) is 1. The van der Waals surface area contributed by atoms with Gasteiger partial charge in [-0.05, 0) is 52.1 Å². The lowest BCUT2D eigenvalue weighted by Gasteiger charge is -2.24. The van der Waals surface area contributed by atoms with E-state index >= 15 is 0 Å². The van der Waals surface area contributed by atoms with Crippen LogP contribution in [-0.4, -0.2) is 43.5 Å². The van der Waals surface area contributed by atoms with E-state index in [1.165, 1.54) is 0 Å². The van der Waals surface area contributed by atoms with Gasteiger partial charge in [0.25, 0.3) is 0 Å². The molecule has 0 rings (SSSR count). The van der Waals surface area contributed by atoms with Crippen molar-refractivity contribution in [3.63, 3.8) is 0 Å². The molecule has 120 valence electrons. The number of rotatable bonds is 9. The zero-order valence-electron chi connectivity index (χ0n) is 14.3. The van der Waals surface area contributed by atoms with Gasteiger partial charge in [-0.15, -0.1) is 0 Å². The first-order chi connectivity index (χ1) is 9.17. The van der Waals surface area contributed by atoms with Crippen LogP contribution in [0.3, 0.4) is 0 Å². The highest BCUT2D eigenvalue weighted by Gasteiger charge is 2.23. The minimum Gasteiger partial charge on any atom is -0.356 e. The van der Waals surface area contributed by atoms with Crippen LogP contribution in [0.1, 0.15) is 53.9 Å². The molecule has 0 aromatic rings. The maximum Gasteiger partial charge on any atom is 0.224 e. The van der Waals surface area contributed by atoms with Gasteiger partial charge >= 0.3 is 0 Å². The van der Waals surface area contributed by atoms with Crippen LogP contribution in [0.4, 0.5) is 0 Å². The Hall–Kier alpha value is -0.610. The number of nitrogens with two attached hydrogens (primary N) is 1. The molecule has 0 aliphatic heterocycles. The van der Waals surface area contributed by atoms with Crippen molar-refractivity contribution in [2.45, 2.75) is 59.9 Å². The Labute approximate surface area is 125 Å². The molecule has 0 aliphatic rings. The summed E-state index contributed by atoms with van der Waals surface area (Å²) in [6, 6.07) is 0.581. The van der Waals surface area contributed by atoms with Gasteiger partial charge in [0.05, 0.1) is 5.92 Å². The molecule has 3 N–H and O–H groups in total. The van der Waals surface area contributed by atoms with E-state index in [-0.39, 0.29) is 17.2 Å². The lowest BCUT2D eigenvalue weighted by molar-refractivity contribution is -0.125. The SMILES string of the molecule is CC(C)N(C)CCCCNC(=O)C(CN)CC(C)(C)C. The van der Waals surface area contributed by atoms with Crippen molar-refractivity contribution >= 4 is 5.91 Å². The molecular formula is C16H35N3O. The van der Waals surface area contributed by atoms with E-state index in [4.69, 9.17) is 5.73 Å². The summed E-state index contributed by atoms with van der Waals surface area (Å²) in [5.74, 6) is 0.0491. The molecule has 1 amide bonds. The van der Waals surface area contributed by atoms with Gasteiger partial charge in [-0.1, -0.05) is 20.8 Å². The molecule has 20 heavy (non-hydrogen) atoms. The second-order valence-corrected chi connectivity index (χ2v) is 7.27. The normalized spacial score (nSPS) is 13.8. The zero-order valence-corrected chi connectivity index (χ0v) is 14.3. The molecule has 0 saturated carbocycles. The third kappa shape index (κ3) is 9.32. The highest BCUT2D eigenvalue weighted by atomic mass is 16.1. The molecule has 0 aromatic carbocycles. The van der Waals surface area contributed by atoms with E-state index in [2.05, 4.69) is 51.9 Å². The van der Waals surface area contributed by atoms with E-state index in [0.29, 0.717) is 12.6 Å². The van der Waals surface area contributed by atoms with Crippen molar-refractivity contribution in [1.29, 1.82) is 0 Å². The molecule has 1 atom stereocenters.